The molecule has 0 aliphatic carbocycles. The Morgan fingerprint density at radius 1 is 1.58 bits per heavy atom. The summed E-state index contributed by atoms with van der Waals surface area (Å²) in [6.07, 6.45) is 0. The first-order valence-corrected chi connectivity index (χ1v) is 6.56. The third-order valence-electron chi connectivity index (χ3n) is 3.32. The van der Waals surface area contributed by atoms with E-state index in [0.717, 1.165) is 6.54 Å². The monoisotopic (exact) mass is 285 g/mol. The van der Waals surface area contributed by atoms with Crippen molar-refractivity contribution >= 4 is 23.2 Å². The van der Waals surface area contributed by atoms with E-state index in [1.807, 2.05) is 4.90 Å². The molecule has 1 aliphatic rings. The summed E-state index contributed by atoms with van der Waals surface area (Å²) in [5.74, 6) is -0.209. The van der Waals surface area contributed by atoms with Crippen LogP contribution >= 0.6 is 11.6 Å². The zero-order valence-electron chi connectivity index (χ0n) is 10.7. The van der Waals surface area contributed by atoms with E-state index in [2.05, 4.69) is 12.2 Å². The van der Waals surface area contributed by atoms with Crippen molar-refractivity contribution in [2.45, 2.75) is 13.0 Å². The molecule has 6 heteroatoms. The summed E-state index contributed by atoms with van der Waals surface area (Å²) in [6.45, 7) is 3.86. The molecule has 0 bridgehead atoms. The second-order valence-electron chi connectivity index (χ2n) is 5.01. The SMILES string of the molecule is CC1CN(CC(=O)Nc2ccc(F)cc2Cl)CC1N. The number of halogens is 2. The number of rotatable bonds is 3. The van der Waals surface area contributed by atoms with Crippen LogP contribution in [0.15, 0.2) is 18.2 Å². The van der Waals surface area contributed by atoms with Gasteiger partial charge in [0.05, 0.1) is 17.3 Å². The highest BCUT2D eigenvalue weighted by Crippen LogP contribution is 2.22. The lowest BCUT2D eigenvalue weighted by Gasteiger charge is -2.15. The smallest absolute Gasteiger partial charge is 0.238 e. The van der Waals surface area contributed by atoms with Crippen LogP contribution in [0.25, 0.3) is 0 Å². The van der Waals surface area contributed by atoms with Crippen LogP contribution in [0.4, 0.5) is 10.1 Å². The number of hydrogen-bond donors (Lipinski definition) is 2. The second-order valence-corrected chi connectivity index (χ2v) is 5.41. The molecule has 1 aliphatic heterocycles. The highest BCUT2D eigenvalue weighted by Gasteiger charge is 2.27. The van der Waals surface area contributed by atoms with Gasteiger partial charge < -0.3 is 11.1 Å². The Morgan fingerprint density at radius 2 is 2.32 bits per heavy atom. The Hall–Kier alpha value is -1.17. The maximum absolute atomic E-state index is 12.9. The van der Waals surface area contributed by atoms with Gasteiger partial charge in [0.1, 0.15) is 5.82 Å². The molecule has 2 atom stereocenters. The lowest BCUT2D eigenvalue weighted by Crippen LogP contribution is -2.33. The number of nitrogens with two attached hydrogens (primary N) is 1. The first kappa shape index (κ1) is 14.2. The van der Waals surface area contributed by atoms with Gasteiger partial charge in [-0.05, 0) is 24.1 Å². The minimum atomic E-state index is -0.428. The van der Waals surface area contributed by atoms with Crippen LogP contribution in [0.2, 0.25) is 5.02 Å². The topological polar surface area (TPSA) is 58.4 Å². The molecule has 1 heterocycles. The number of likely N-dealkylation sites (tertiary alicyclic amines) is 1. The maximum atomic E-state index is 12.9. The molecular weight excluding hydrogens is 269 g/mol. The Bertz CT molecular complexity index is 473. The van der Waals surface area contributed by atoms with Gasteiger partial charge in [-0.15, -0.1) is 0 Å². The number of carbonyl (C=O) groups excluding carboxylic acids is 1. The summed E-state index contributed by atoms with van der Waals surface area (Å²) in [7, 11) is 0. The van der Waals surface area contributed by atoms with Gasteiger partial charge in [0.25, 0.3) is 0 Å². The van der Waals surface area contributed by atoms with E-state index < -0.39 is 5.82 Å². The number of nitrogens with zero attached hydrogens (tertiary/aromatic N) is 1. The first-order valence-electron chi connectivity index (χ1n) is 6.18. The average Bonchev–Trinajstić information content (AvgIpc) is 2.62. The van der Waals surface area contributed by atoms with E-state index >= 15 is 0 Å². The van der Waals surface area contributed by atoms with Crippen LogP contribution < -0.4 is 11.1 Å². The van der Waals surface area contributed by atoms with Crippen LogP contribution in [0.3, 0.4) is 0 Å². The number of hydrogen-bond acceptors (Lipinski definition) is 3. The van der Waals surface area contributed by atoms with Gasteiger partial charge in [0.15, 0.2) is 0 Å². The molecule has 0 spiro atoms. The largest absolute Gasteiger partial charge is 0.326 e. The van der Waals surface area contributed by atoms with E-state index in [-0.39, 0.29) is 23.5 Å². The van der Waals surface area contributed by atoms with Crippen LogP contribution in [0, 0.1) is 11.7 Å². The van der Waals surface area contributed by atoms with Crippen molar-refractivity contribution in [2.24, 2.45) is 11.7 Å². The second kappa shape index (κ2) is 5.86. The van der Waals surface area contributed by atoms with Gasteiger partial charge in [0, 0.05) is 19.1 Å². The van der Waals surface area contributed by atoms with Gasteiger partial charge in [-0.3, -0.25) is 9.69 Å². The molecule has 1 aromatic carbocycles. The zero-order chi connectivity index (χ0) is 14.0. The molecule has 4 nitrogen and oxygen atoms in total. The van der Waals surface area contributed by atoms with Crippen molar-refractivity contribution in [3.63, 3.8) is 0 Å². The summed E-state index contributed by atoms with van der Waals surface area (Å²) in [5, 5.41) is 2.87. The van der Waals surface area contributed by atoms with Crippen molar-refractivity contribution in [3.05, 3.63) is 29.0 Å². The van der Waals surface area contributed by atoms with E-state index in [1.165, 1.54) is 18.2 Å². The van der Waals surface area contributed by atoms with Gasteiger partial charge in [-0.2, -0.15) is 0 Å². The highest BCUT2D eigenvalue weighted by atomic mass is 35.5. The number of carbonyl (C=O) groups is 1. The Labute approximate surface area is 116 Å². The highest BCUT2D eigenvalue weighted by molar-refractivity contribution is 6.33. The van der Waals surface area contributed by atoms with Crippen molar-refractivity contribution < 1.29 is 9.18 Å². The molecule has 0 saturated carbocycles. The van der Waals surface area contributed by atoms with Crippen LogP contribution in [-0.4, -0.2) is 36.5 Å². The molecule has 0 radical (unpaired) electrons. The number of amides is 1. The normalized spacial score (nSPS) is 23.6. The van der Waals surface area contributed by atoms with E-state index in [4.69, 9.17) is 17.3 Å². The lowest BCUT2D eigenvalue weighted by atomic mass is 10.1. The van der Waals surface area contributed by atoms with E-state index in [9.17, 15) is 9.18 Å². The molecule has 0 aromatic heterocycles. The Balaban J connectivity index is 1.91. The fraction of sp³-hybridized carbons (Fsp3) is 0.462. The van der Waals surface area contributed by atoms with Crippen molar-refractivity contribution in [2.75, 3.05) is 25.0 Å². The number of benzene rings is 1. The zero-order valence-corrected chi connectivity index (χ0v) is 11.5. The Morgan fingerprint density at radius 3 is 2.89 bits per heavy atom. The predicted octanol–water partition coefficient (Wildman–Crippen LogP) is 1.70. The Kier molecular flexibility index (Phi) is 4.39. The molecule has 2 rings (SSSR count). The average molecular weight is 286 g/mol. The third-order valence-corrected chi connectivity index (χ3v) is 3.63. The molecule has 3 N–H and O–H groups in total. The van der Waals surface area contributed by atoms with Crippen LogP contribution in [-0.2, 0) is 4.79 Å². The third kappa shape index (κ3) is 3.65. The van der Waals surface area contributed by atoms with Crippen LogP contribution in [0.5, 0.6) is 0 Å². The minimum absolute atomic E-state index is 0.113. The van der Waals surface area contributed by atoms with Gasteiger partial charge >= 0.3 is 0 Å². The minimum Gasteiger partial charge on any atom is -0.326 e. The molecule has 1 saturated heterocycles. The van der Waals surface area contributed by atoms with Crippen LogP contribution in [0.1, 0.15) is 6.92 Å². The predicted molar refractivity (Wildman–Crippen MR) is 73.6 cm³/mol. The summed E-state index contributed by atoms with van der Waals surface area (Å²) in [4.78, 5) is 13.9. The van der Waals surface area contributed by atoms with Gasteiger partial charge in [-0.25, -0.2) is 4.39 Å². The van der Waals surface area contributed by atoms with Gasteiger partial charge in [0.2, 0.25) is 5.91 Å². The molecule has 2 unspecified atom stereocenters. The number of nitrogens with one attached hydrogen (secondary N) is 1. The van der Waals surface area contributed by atoms with E-state index in [0.29, 0.717) is 18.2 Å². The number of anilines is 1. The lowest BCUT2D eigenvalue weighted by molar-refractivity contribution is -0.117. The quantitative estimate of drug-likeness (QED) is 0.889. The maximum Gasteiger partial charge on any atom is 0.238 e. The summed E-state index contributed by atoms with van der Waals surface area (Å²) >= 11 is 5.85. The molecule has 1 amide bonds. The fourth-order valence-electron chi connectivity index (χ4n) is 2.21. The van der Waals surface area contributed by atoms with Gasteiger partial charge in [-0.1, -0.05) is 18.5 Å². The van der Waals surface area contributed by atoms with Crippen molar-refractivity contribution in [1.29, 1.82) is 0 Å². The molecule has 1 aromatic rings. The summed E-state index contributed by atoms with van der Waals surface area (Å²) in [5.41, 5.74) is 6.32. The first-order chi connectivity index (χ1) is 8.95. The standard InChI is InChI=1S/C13H17ClFN3O/c1-8-5-18(6-11(8)16)7-13(19)17-12-3-2-9(15)4-10(12)14/h2-4,8,11H,5-7,16H2,1H3,(H,17,19). The molecule has 19 heavy (non-hydrogen) atoms. The van der Waals surface area contributed by atoms with Crippen molar-refractivity contribution in [3.8, 4) is 0 Å². The summed E-state index contributed by atoms with van der Waals surface area (Å²) in [6, 6.07) is 4.00. The molecule has 104 valence electrons. The van der Waals surface area contributed by atoms with E-state index in [1.54, 1.807) is 0 Å². The molecule has 1 fully saturated rings. The molecular formula is C13H17ClFN3O. The fourth-order valence-corrected chi connectivity index (χ4v) is 2.42. The van der Waals surface area contributed by atoms with Crippen molar-refractivity contribution in [1.82, 2.24) is 4.90 Å². The summed E-state index contributed by atoms with van der Waals surface area (Å²) < 4.78 is 12.9.